The lowest BCUT2D eigenvalue weighted by Crippen LogP contribution is -2.29. The number of tetrazole rings is 1. The molecule has 28 heavy (non-hydrogen) atoms. The fraction of sp³-hybridized carbons (Fsp3) is 0.222. The number of aromatic hydroxyl groups is 2. The average molecular weight is 404 g/mol. The molecule has 1 unspecified atom stereocenters. The third-order valence-electron chi connectivity index (χ3n) is 3.94. The van der Waals surface area contributed by atoms with Crippen molar-refractivity contribution < 1.29 is 19.7 Å². The monoisotopic (exact) mass is 403 g/mol. The minimum absolute atomic E-state index is 0.156. The van der Waals surface area contributed by atoms with Gasteiger partial charge in [-0.1, -0.05) is 35.9 Å². The highest BCUT2D eigenvalue weighted by Crippen LogP contribution is 2.27. The zero-order valence-electron chi connectivity index (χ0n) is 14.7. The van der Waals surface area contributed by atoms with Crippen molar-refractivity contribution in [1.82, 2.24) is 25.5 Å². The van der Waals surface area contributed by atoms with Crippen molar-refractivity contribution in [2.75, 3.05) is 6.54 Å². The van der Waals surface area contributed by atoms with Crippen LogP contribution in [0.4, 0.5) is 4.79 Å². The molecule has 3 N–H and O–H groups in total. The Kier molecular flexibility index (Phi) is 6.28. The van der Waals surface area contributed by atoms with E-state index in [0.717, 1.165) is 5.56 Å². The van der Waals surface area contributed by atoms with E-state index in [-0.39, 0.29) is 24.6 Å². The molecule has 0 aliphatic carbocycles. The van der Waals surface area contributed by atoms with E-state index in [9.17, 15) is 15.0 Å². The average Bonchev–Trinajstić information content (AvgIpc) is 3.18. The summed E-state index contributed by atoms with van der Waals surface area (Å²) >= 11 is 6.23. The van der Waals surface area contributed by atoms with Crippen LogP contribution in [0.1, 0.15) is 17.2 Å². The van der Waals surface area contributed by atoms with Gasteiger partial charge in [0.1, 0.15) is 6.54 Å². The highest BCUT2D eigenvalue weighted by Gasteiger charge is 2.21. The van der Waals surface area contributed by atoms with Gasteiger partial charge in [-0.3, -0.25) is 0 Å². The Hall–Kier alpha value is -3.33. The van der Waals surface area contributed by atoms with Gasteiger partial charge in [0.2, 0.25) is 0 Å². The van der Waals surface area contributed by atoms with Crippen molar-refractivity contribution in [3.05, 3.63) is 64.9 Å². The molecule has 3 rings (SSSR count). The van der Waals surface area contributed by atoms with E-state index >= 15 is 0 Å². The first-order valence-electron chi connectivity index (χ1n) is 8.43. The fourth-order valence-electron chi connectivity index (χ4n) is 2.56. The maximum atomic E-state index is 12.2. The minimum atomic E-state index is -0.708. The van der Waals surface area contributed by atoms with Crippen LogP contribution in [0.5, 0.6) is 11.5 Å². The van der Waals surface area contributed by atoms with Crippen LogP contribution in [-0.4, -0.2) is 43.1 Å². The van der Waals surface area contributed by atoms with Crippen LogP contribution in [0.3, 0.4) is 0 Å². The zero-order chi connectivity index (χ0) is 19.9. The number of halogens is 1. The van der Waals surface area contributed by atoms with E-state index in [2.05, 4.69) is 20.7 Å². The number of ether oxygens (including phenoxy) is 1. The molecule has 0 aliphatic rings. The molecule has 0 fully saturated rings. The number of hydrogen-bond acceptors (Lipinski definition) is 7. The van der Waals surface area contributed by atoms with Gasteiger partial charge in [0.05, 0.1) is 0 Å². The number of phenolic OH excluding ortho intramolecular Hbond substituents is 2. The minimum Gasteiger partial charge on any atom is -0.504 e. The Morgan fingerprint density at radius 2 is 2.04 bits per heavy atom. The molecule has 0 saturated heterocycles. The maximum Gasteiger partial charge on any atom is 0.407 e. The van der Waals surface area contributed by atoms with Gasteiger partial charge in [-0.05, 0) is 35.4 Å². The van der Waals surface area contributed by atoms with Crippen LogP contribution in [-0.2, 0) is 17.7 Å². The van der Waals surface area contributed by atoms with Crippen LogP contribution in [0.25, 0.3) is 0 Å². The fourth-order valence-corrected chi connectivity index (χ4v) is 2.82. The molecule has 2 aromatic carbocycles. The summed E-state index contributed by atoms with van der Waals surface area (Å²) < 4.78 is 5.52. The van der Waals surface area contributed by atoms with Crippen molar-refractivity contribution in [3.63, 3.8) is 0 Å². The molecule has 0 spiro atoms. The third-order valence-corrected chi connectivity index (χ3v) is 4.29. The Bertz CT molecular complexity index is 935. The summed E-state index contributed by atoms with van der Waals surface area (Å²) in [7, 11) is 0. The number of nitrogens with one attached hydrogen (secondary N) is 1. The van der Waals surface area contributed by atoms with Crippen LogP contribution in [0.15, 0.2) is 48.8 Å². The second-order valence-corrected chi connectivity index (χ2v) is 6.31. The number of phenols is 2. The highest BCUT2D eigenvalue weighted by molar-refractivity contribution is 6.31. The van der Waals surface area contributed by atoms with Crippen molar-refractivity contribution in [1.29, 1.82) is 0 Å². The molecule has 0 aliphatic heterocycles. The van der Waals surface area contributed by atoms with E-state index in [1.165, 1.54) is 23.3 Å². The van der Waals surface area contributed by atoms with Gasteiger partial charge in [0, 0.05) is 17.1 Å². The number of rotatable bonds is 7. The normalized spacial score (nSPS) is 11.8. The number of alkyl carbamates (subject to hydrolysis) is 1. The largest absolute Gasteiger partial charge is 0.504 e. The van der Waals surface area contributed by atoms with Gasteiger partial charge in [0.25, 0.3) is 0 Å². The molecule has 1 amide bonds. The molecular weight excluding hydrogens is 386 g/mol. The summed E-state index contributed by atoms with van der Waals surface area (Å²) in [6.45, 7) is 0.433. The predicted octanol–water partition coefficient (Wildman–Crippen LogP) is 2.45. The van der Waals surface area contributed by atoms with Gasteiger partial charge >= 0.3 is 6.09 Å². The topological polar surface area (TPSA) is 122 Å². The second-order valence-electron chi connectivity index (χ2n) is 5.91. The first kappa shape index (κ1) is 19.4. The van der Waals surface area contributed by atoms with Crippen LogP contribution >= 0.6 is 11.6 Å². The van der Waals surface area contributed by atoms with Crippen LogP contribution in [0.2, 0.25) is 5.02 Å². The van der Waals surface area contributed by atoms with Crippen molar-refractivity contribution in [2.24, 2.45) is 0 Å². The zero-order valence-corrected chi connectivity index (χ0v) is 15.5. The predicted molar refractivity (Wildman–Crippen MR) is 100.0 cm³/mol. The molecule has 0 saturated carbocycles. The molecule has 0 bridgehead atoms. The molecule has 1 aromatic heterocycles. The third kappa shape index (κ3) is 5.10. The summed E-state index contributed by atoms with van der Waals surface area (Å²) in [6.07, 6.45) is 0.398. The Labute approximate surface area is 165 Å². The van der Waals surface area contributed by atoms with Gasteiger partial charge in [-0.15, -0.1) is 10.2 Å². The SMILES string of the molecule is O=C(NCCc1ccc(O)c(O)c1)OC(Cn1ncnn1)c1ccccc1Cl. The first-order chi connectivity index (χ1) is 13.5. The van der Waals surface area contributed by atoms with Gasteiger partial charge in [-0.2, -0.15) is 4.80 Å². The van der Waals surface area contributed by atoms with Crippen molar-refractivity contribution >= 4 is 17.7 Å². The van der Waals surface area contributed by atoms with E-state index in [0.29, 0.717) is 17.0 Å². The lowest BCUT2D eigenvalue weighted by molar-refractivity contribution is 0.0822. The molecule has 10 heteroatoms. The number of amides is 1. The van der Waals surface area contributed by atoms with E-state index in [1.54, 1.807) is 30.3 Å². The van der Waals surface area contributed by atoms with Gasteiger partial charge in [-0.25, -0.2) is 4.79 Å². The number of carbonyl (C=O) groups is 1. The smallest absolute Gasteiger partial charge is 0.407 e. The maximum absolute atomic E-state index is 12.2. The lowest BCUT2D eigenvalue weighted by atomic mass is 10.1. The van der Waals surface area contributed by atoms with Gasteiger partial charge < -0.3 is 20.3 Å². The van der Waals surface area contributed by atoms with E-state index < -0.39 is 12.2 Å². The lowest BCUT2D eigenvalue weighted by Gasteiger charge is -2.19. The van der Waals surface area contributed by atoms with E-state index in [1.807, 2.05) is 0 Å². The number of nitrogens with zero attached hydrogens (tertiary/aromatic N) is 4. The molecule has 1 heterocycles. The molecule has 9 nitrogen and oxygen atoms in total. The van der Waals surface area contributed by atoms with E-state index in [4.69, 9.17) is 16.3 Å². The molecule has 146 valence electrons. The molecule has 0 radical (unpaired) electrons. The van der Waals surface area contributed by atoms with Gasteiger partial charge in [0.15, 0.2) is 23.9 Å². The number of hydrogen-bond donors (Lipinski definition) is 3. The molecule has 1 atom stereocenters. The Balaban J connectivity index is 1.60. The molecule has 3 aromatic rings. The number of benzene rings is 2. The van der Waals surface area contributed by atoms with Crippen molar-refractivity contribution in [3.8, 4) is 11.5 Å². The number of aromatic nitrogens is 4. The summed E-state index contributed by atoms with van der Waals surface area (Å²) in [5.41, 5.74) is 1.38. The molecular formula is C18H18ClN5O4. The van der Waals surface area contributed by atoms with Crippen LogP contribution < -0.4 is 5.32 Å². The first-order valence-corrected chi connectivity index (χ1v) is 8.81. The van der Waals surface area contributed by atoms with Crippen molar-refractivity contribution in [2.45, 2.75) is 19.1 Å². The quantitative estimate of drug-likeness (QED) is 0.518. The Morgan fingerprint density at radius 3 is 2.75 bits per heavy atom. The standard InChI is InChI=1S/C18H18ClN5O4/c19-14-4-2-1-3-13(14)17(10-24-22-11-21-23-24)28-18(27)20-8-7-12-5-6-15(25)16(26)9-12/h1-6,9,11,17,25-26H,7-8,10H2,(H,20,27). The van der Waals surface area contributed by atoms with Crippen LogP contribution in [0, 0.1) is 0 Å². The summed E-state index contributed by atoms with van der Waals surface area (Å²) in [5.74, 6) is -0.403. The summed E-state index contributed by atoms with van der Waals surface area (Å²) in [4.78, 5) is 13.6. The summed E-state index contributed by atoms with van der Waals surface area (Å²) in [6, 6.07) is 11.5. The summed E-state index contributed by atoms with van der Waals surface area (Å²) in [5, 5.41) is 33.3. The number of carbonyl (C=O) groups excluding carboxylic acids is 1. The highest BCUT2D eigenvalue weighted by atomic mass is 35.5. The Morgan fingerprint density at radius 1 is 1.21 bits per heavy atom. The second kappa shape index (κ2) is 9.05.